The van der Waals surface area contributed by atoms with E-state index in [4.69, 9.17) is 9.84 Å². The number of halogens is 1. The Morgan fingerprint density at radius 3 is 2.83 bits per heavy atom. The number of carbonyl (C=O) groups excluding carboxylic acids is 2. The van der Waals surface area contributed by atoms with E-state index in [-0.39, 0.29) is 11.3 Å². The zero-order valence-electron chi connectivity index (χ0n) is 13.3. The second-order valence-corrected chi connectivity index (χ2v) is 5.52. The van der Waals surface area contributed by atoms with E-state index in [2.05, 4.69) is 5.32 Å². The second kappa shape index (κ2) is 7.76. The average molecular weight is 338 g/mol. The third-order valence-corrected chi connectivity index (χ3v) is 3.83. The Morgan fingerprint density at radius 1 is 1.42 bits per heavy atom. The van der Waals surface area contributed by atoms with Crippen LogP contribution in [0.2, 0.25) is 0 Å². The zero-order valence-corrected chi connectivity index (χ0v) is 13.3. The number of ether oxygens (including phenoxy) is 1. The Balaban J connectivity index is 2.11. The molecule has 2 N–H and O–H groups in total. The summed E-state index contributed by atoms with van der Waals surface area (Å²) < 4.78 is 18.2. The maximum atomic E-state index is 13.4. The quantitative estimate of drug-likeness (QED) is 0.836. The number of carbonyl (C=O) groups is 3. The number of hydrogen-bond donors (Lipinski definition) is 2. The summed E-state index contributed by atoms with van der Waals surface area (Å²) in [5.41, 5.74) is 0.162. The normalized spacial score (nSPS) is 18.0. The van der Waals surface area contributed by atoms with E-state index in [0.717, 1.165) is 6.07 Å². The van der Waals surface area contributed by atoms with E-state index in [0.29, 0.717) is 25.8 Å². The molecule has 1 aromatic carbocycles. The molecule has 0 aromatic heterocycles. The maximum Gasteiger partial charge on any atom is 0.323 e. The molecule has 7 nitrogen and oxygen atoms in total. The Hall–Kier alpha value is -2.64. The SMILES string of the molecule is COc1cc(C(=O)NC2CCCCN(CC(=O)O)C2=O)ccc1F. The van der Waals surface area contributed by atoms with Crippen LogP contribution in [0.1, 0.15) is 29.6 Å². The summed E-state index contributed by atoms with van der Waals surface area (Å²) in [5, 5.41) is 11.5. The van der Waals surface area contributed by atoms with Crippen molar-refractivity contribution in [2.24, 2.45) is 0 Å². The fourth-order valence-electron chi connectivity index (χ4n) is 2.60. The van der Waals surface area contributed by atoms with Crippen molar-refractivity contribution >= 4 is 17.8 Å². The van der Waals surface area contributed by atoms with Crippen molar-refractivity contribution in [3.8, 4) is 5.75 Å². The molecule has 1 saturated heterocycles. The summed E-state index contributed by atoms with van der Waals surface area (Å²) in [6.45, 7) is -0.0442. The molecule has 1 heterocycles. The van der Waals surface area contributed by atoms with Crippen LogP contribution in [0.25, 0.3) is 0 Å². The van der Waals surface area contributed by atoms with E-state index in [1.807, 2.05) is 0 Å². The van der Waals surface area contributed by atoms with Gasteiger partial charge in [-0.05, 0) is 37.5 Å². The largest absolute Gasteiger partial charge is 0.494 e. The maximum absolute atomic E-state index is 13.4. The number of amides is 2. The third kappa shape index (κ3) is 4.21. The number of benzene rings is 1. The van der Waals surface area contributed by atoms with Crippen LogP contribution in [0.4, 0.5) is 4.39 Å². The Bertz CT molecular complexity index is 649. The standard InChI is InChI=1S/C16H19FN2O5/c1-24-13-8-10(5-6-11(13)17)15(22)18-12-4-2-3-7-19(16(12)23)9-14(20)21/h5-6,8,12H,2-4,7,9H2,1H3,(H,18,22)(H,20,21). The monoisotopic (exact) mass is 338 g/mol. The average Bonchev–Trinajstić information content (AvgIpc) is 2.70. The Labute approximate surface area is 138 Å². The van der Waals surface area contributed by atoms with Gasteiger partial charge in [-0.1, -0.05) is 0 Å². The molecular formula is C16H19FN2O5. The fraction of sp³-hybridized carbons (Fsp3) is 0.438. The van der Waals surface area contributed by atoms with Gasteiger partial charge in [0, 0.05) is 12.1 Å². The van der Waals surface area contributed by atoms with Gasteiger partial charge in [-0.2, -0.15) is 0 Å². The molecule has 8 heteroatoms. The molecule has 0 radical (unpaired) electrons. The van der Waals surface area contributed by atoms with Gasteiger partial charge < -0.3 is 20.1 Å². The van der Waals surface area contributed by atoms with Crippen LogP contribution in [0, 0.1) is 5.82 Å². The highest BCUT2D eigenvalue weighted by molar-refractivity contribution is 5.98. The van der Waals surface area contributed by atoms with Gasteiger partial charge in [-0.3, -0.25) is 14.4 Å². The summed E-state index contributed by atoms with van der Waals surface area (Å²) in [6, 6.07) is 2.86. The molecule has 1 unspecified atom stereocenters. The summed E-state index contributed by atoms with van der Waals surface area (Å²) >= 11 is 0. The Kier molecular flexibility index (Phi) is 5.73. The van der Waals surface area contributed by atoms with E-state index < -0.39 is 36.2 Å². The first kappa shape index (κ1) is 17.7. The molecule has 1 aliphatic rings. The first-order chi connectivity index (χ1) is 11.4. The van der Waals surface area contributed by atoms with E-state index in [1.54, 1.807) is 0 Å². The highest BCUT2D eigenvalue weighted by Gasteiger charge is 2.29. The smallest absolute Gasteiger partial charge is 0.323 e. The lowest BCUT2D eigenvalue weighted by Gasteiger charge is -2.23. The van der Waals surface area contributed by atoms with Crippen LogP contribution in [-0.2, 0) is 9.59 Å². The highest BCUT2D eigenvalue weighted by atomic mass is 19.1. The highest BCUT2D eigenvalue weighted by Crippen LogP contribution is 2.19. The minimum Gasteiger partial charge on any atom is -0.494 e. The fourth-order valence-corrected chi connectivity index (χ4v) is 2.60. The van der Waals surface area contributed by atoms with Crippen molar-refractivity contribution in [2.75, 3.05) is 20.2 Å². The Morgan fingerprint density at radius 2 is 2.17 bits per heavy atom. The van der Waals surface area contributed by atoms with E-state index in [1.165, 1.54) is 24.1 Å². The van der Waals surface area contributed by atoms with Crippen LogP contribution in [0.15, 0.2) is 18.2 Å². The number of carboxylic acid groups (broad SMARTS) is 1. The van der Waals surface area contributed by atoms with Gasteiger partial charge in [-0.25, -0.2) is 4.39 Å². The molecule has 0 spiro atoms. The van der Waals surface area contributed by atoms with Crippen LogP contribution in [0.3, 0.4) is 0 Å². The van der Waals surface area contributed by atoms with Crippen molar-refractivity contribution in [1.82, 2.24) is 10.2 Å². The predicted molar refractivity (Wildman–Crippen MR) is 82.3 cm³/mol. The summed E-state index contributed by atoms with van der Waals surface area (Å²) in [5.74, 6) is -2.71. The second-order valence-electron chi connectivity index (χ2n) is 5.52. The molecule has 0 bridgehead atoms. The van der Waals surface area contributed by atoms with Gasteiger partial charge in [-0.15, -0.1) is 0 Å². The van der Waals surface area contributed by atoms with Crippen LogP contribution in [-0.4, -0.2) is 54.0 Å². The first-order valence-corrected chi connectivity index (χ1v) is 7.57. The lowest BCUT2D eigenvalue weighted by atomic mass is 10.1. The summed E-state index contributed by atoms with van der Waals surface area (Å²) in [6.07, 6.45) is 1.80. The van der Waals surface area contributed by atoms with Gasteiger partial charge >= 0.3 is 5.97 Å². The first-order valence-electron chi connectivity index (χ1n) is 7.57. The zero-order chi connectivity index (χ0) is 17.7. The number of aliphatic carboxylic acids is 1. The van der Waals surface area contributed by atoms with Crippen molar-refractivity contribution in [3.63, 3.8) is 0 Å². The number of likely N-dealkylation sites (tertiary alicyclic amines) is 1. The van der Waals surface area contributed by atoms with E-state index in [9.17, 15) is 18.8 Å². The van der Waals surface area contributed by atoms with Crippen molar-refractivity contribution in [3.05, 3.63) is 29.6 Å². The number of carboxylic acids is 1. The number of nitrogens with zero attached hydrogens (tertiary/aromatic N) is 1. The minimum atomic E-state index is -1.10. The number of methoxy groups -OCH3 is 1. The van der Waals surface area contributed by atoms with Gasteiger partial charge in [0.25, 0.3) is 5.91 Å². The van der Waals surface area contributed by atoms with Crippen molar-refractivity contribution in [2.45, 2.75) is 25.3 Å². The molecule has 130 valence electrons. The van der Waals surface area contributed by atoms with Crippen LogP contribution in [0.5, 0.6) is 5.75 Å². The lowest BCUT2D eigenvalue weighted by molar-refractivity contribution is -0.144. The van der Waals surface area contributed by atoms with Crippen LogP contribution >= 0.6 is 0 Å². The van der Waals surface area contributed by atoms with Gasteiger partial charge in [0.05, 0.1) is 7.11 Å². The van der Waals surface area contributed by atoms with Gasteiger partial charge in [0.1, 0.15) is 12.6 Å². The molecule has 2 amide bonds. The molecule has 24 heavy (non-hydrogen) atoms. The summed E-state index contributed by atoms with van der Waals surface area (Å²) in [7, 11) is 1.29. The molecule has 1 aromatic rings. The molecule has 1 fully saturated rings. The van der Waals surface area contributed by atoms with Crippen molar-refractivity contribution < 1.29 is 28.6 Å². The van der Waals surface area contributed by atoms with Gasteiger partial charge in [0.15, 0.2) is 11.6 Å². The predicted octanol–water partition coefficient (Wildman–Crippen LogP) is 1.03. The van der Waals surface area contributed by atoms with Gasteiger partial charge in [0.2, 0.25) is 5.91 Å². The third-order valence-electron chi connectivity index (χ3n) is 3.83. The molecule has 0 aliphatic carbocycles. The number of rotatable bonds is 5. The molecule has 0 saturated carbocycles. The van der Waals surface area contributed by atoms with Crippen molar-refractivity contribution in [1.29, 1.82) is 0 Å². The van der Waals surface area contributed by atoms with Crippen LogP contribution < -0.4 is 10.1 Å². The van der Waals surface area contributed by atoms with E-state index >= 15 is 0 Å². The molecule has 2 rings (SSSR count). The molecule has 1 atom stereocenters. The number of hydrogen-bond acceptors (Lipinski definition) is 4. The lowest BCUT2D eigenvalue weighted by Crippen LogP contribution is -2.48. The topological polar surface area (TPSA) is 95.9 Å². The molecular weight excluding hydrogens is 319 g/mol. The molecule has 1 aliphatic heterocycles. The number of nitrogens with one attached hydrogen (secondary N) is 1. The summed E-state index contributed by atoms with van der Waals surface area (Å²) in [4.78, 5) is 36.8. The minimum absolute atomic E-state index is 0.0673.